The van der Waals surface area contributed by atoms with Crippen molar-refractivity contribution in [3.8, 4) is 5.69 Å². The molecule has 0 fully saturated rings. The summed E-state index contributed by atoms with van der Waals surface area (Å²) in [5.41, 5.74) is 2.84. The number of nitrogens with two attached hydrogens (primary N) is 1. The normalized spacial score (nSPS) is 11.3. The number of aryl methyl sites for hydroxylation is 2. The molecule has 3 aromatic rings. The van der Waals surface area contributed by atoms with Gasteiger partial charge in [0.1, 0.15) is 17.3 Å². The molecular weight excluding hydrogens is 497 g/mol. The summed E-state index contributed by atoms with van der Waals surface area (Å²) in [6, 6.07) is 9.03. The fraction of sp³-hybridized carbons (Fsp3) is 0.318. The third kappa shape index (κ3) is 7.05. The van der Waals surface area contributed by atoms with Crippen LogP contribution in [0.1, 0.15) is 41.2 Å². The van der Waals surface area contributed by atoms with Gasteiger partial charge in [-0.3, -0.25) is 4.79 Å². The molecular formula is C22H24FN5O7S. The van der Waals surface area contributed by atoms with Crippen molar-refractivity contribution in [1.82, 2.24) is 14.8 Å². The standard InChI is InChI=1S/C22H24FN5O7S/c1-14-5-6-15(2)16(10-14)11-21-25-20(13-34-22(29)4-3-9-35-28(30)31)26-27(21)19-8-7-17(12-18(19)23)36(24,32)33/h5-8,10,12H,3-4,9,11,13H2,1-2H3,(H2,24,32,33). The Morgan fingerprint density at radius 1 is 1.22 bits per heavy atom. The molecule has 3 rings (SSSR count). The van der Waals surface area contributed by atoms with E-state index < -0.39 is 31.8 Å². The zero-order valence-corrected chi connectivity index (χ0v) is 20.3. The predicted molar refractivity (Wildman–Crippen MR) is 123 cm³/mol. The monoisotopic (exact) mass is 521 g/mol. The largest absolute Gasteiger partial charge is 0.457 e. The van der Waals surface area contributed by atoms with Crippen LogP contribution < -0.4 is 5.14 Å². The number of hydrogen-bond acceptors (Lipinski definition) is 9. The van der Waals surface area contributed by atoms with E-state index in [1.165, 1.54) is 10.7 Å². The number of hydrogen-bond donors (Lipinski definition) is 1. The number of esters is 1. The zero-order valence-electron chi connectivity index (χ0n) is 19.5. The van der Waals surface area contributed by atoms with Gasteiger partial charge >= 0.3 is 5.97 Å². The van der Waals surface area contributed by atoms with Crippen LogP contribution in [0, 0.1) is 29.8 Å². The van der Waals surface area contributed by atoms with Crippen LogP contribution in [-0.2, 0) is 37.4 Å². The van der Waals surface area contributed by atoms with Crippen LogP contribution in [-0.4, -0.2) is 40.8 Å². The Morgan fingerprint density at radius 2 is 1.97 bits per heavy atom. The number of carbonyl (C=O) groups is 1. The summed E-state index contributed by atoms with van der Waals surface area (Å²) in [5, 5.41) is 18.6. The van der Waals surface area contributed by atoms with E-state index in [0.29, 0.717) is 5.82 Å². The lowest BCUT2D eigenvalue weighted by Gasteiger charge is -2.10. The first-order valence-electron chi connectivity index (χ1n) is 10.7. The van der Waals surface area contributed by atoms with Gasteiger partial charge in [-0.05, 0) is 49.6 Å². The lowest BCUT2D eigenvalue weighted by molar-refractivity contribution is -0.757. The summed E-state index contributed by atoms with van der Waals surface area (Å²) < 4.78 is 44.4. The second-order valence-electron chi connectivity index (χ2n) is 7.94. The van der Waals surface area contributed by atoms with Crippen molar-refractivity contribution in [3.63, 3.8) is 0 Å². The van der Waals surface area contributed by atoms with Gasteiger partial charge in [0, 0.05) is 12.8 Å². The van der Waals surface area contributed by atoms with Gasteiger partial charge in [0.15, 0.2) is 12.4 Å². The summed E-state index contributed by atoms with van der Waals surface area (Å²) in [5.74, 6) is -1.11. The Labute approximate surface area is 206 Å². The molecule has 0 aliphatic heterocycles. The molecule has 14 heteroatoms. The molecule has 0 atom stereocenters. The third-order valence-corrected chi connectivity index (χ3v) is 6.04. The van der Waals surface area contributed by atoms with Gasteiger partial charge in [-0.15, -0.1) is 15.2 Å². The Hall–Kier alpha value is -3.91. The first-order chi connectivity index (χ1) is 16.9. The molecule has 12 nitrogen and oxygen atoms in total. The highest BCUT2D eigenvalue weighted by Crippen LogP contribution is 2.22. The average Bonchev–Trinajstić information content (AvgIpc) is 3.19. The smallest absolute Gasteiger partial charge is 0.306 e. The maximum atomic E-state index is 14.9. The van der Waals surface area contributed by atoms with Gasteiger partial charge in [0.25, 0.3) is 5.09 Å². The highest BCUT2D eigenvalue weighted by atomic mass is 32.2. The van der Waals surface area contributed by atoms with Gasteiger partial charge in [0.05, 0.1) is 11.5 Å². The fourth-order valence-electron chi connectivity index (χ4n) is 3.33. The maximum Gasteiger partial charge on any atom is 0.306 e. The van der Waals surface area contributed by atoms with Gasteiger partial charge in [-0.25, -0.2) is 27.6 Å². The van der Waals surface area contributed by atoms with Crippen LogP contribution in [0.25, 0.3) is 5.69 Å². The quantitative estimate of drug-likeness (QED) is 0.172. The van der Waals surface area contributed by atoms with Crippen LogP contribution in [0.2, 0.25) is 0 Å². The van der Waals surface area contributed by atoms with Crippen LogP contribution >= 0.6 is 0 Å². The number of benzene rings is 2. The molecule has 1 aromatic heterocycles. The molecule has 0 unspecified atom stereocenters. The summed E-state index contributed by atoms with van der Waals surface area (Å²) in [6.45, 7) is 3.28. The van der Waals surface area contributed by atoms with E-state index in [-0.39, 0.29) is 44.0 Å². The maximum absolute atomic E-state index is 14.9. The minimum atomic E-state index is -4.11. The fourth-order valence-corrected chi connectivity index (χ4v) is 3.86. The topological polar surface area (TPSA) is 170 Å². The summed E-state index contributed by atoms with van der Waals surface area (Å²) >= 11 is 0. The van der Waals surface area contributed by atoms with Crippen molar-refractivity contribution < 1.29 is 32.3 Å². The summed E-state index contributed by atoms with van der Waals surface area (Å²) in [6.07, 6.45) is 0.234. The van der Waals surface area contributed by atoms with Crippen molar-refractivity contribution in [1.29, 1.82) is 0 Å². The minimum Gasteiger partial charge on any atom is -0.457 e. The molecule has 36 heavy (non-hydrogen) atoms. The van der Waals surface area contributed by atoms with Crippen LogP contribution in [0.4, 0.5) is 4.39 Å². The number of halogens is 1. The molecule has 0 saturated carbocycles. The first-order valence-corrected chi connectivity index (χ1v) is 12.3. The molecule has 0 aliphatic carbocycles. The van der Waals surface area contributed by atoms with Gasteiger partial charge in [-0.2, -0.15) is 0 Å². The summed E-state index contributed by atoms with van der Waals surface area (Å²) in [4.78, 5) is 30.3. The van der Waals surface area contributed by atoms with E-state index >= 15 is 0 Å². The molecule has 1 heterocycles. The lowest BCUT2D eigenvalue weighted by atomic mass is 10.0. The number of aromatic nitrogens is 3. The number of primary sulfonamides is 1. The minimum absolute atomic E-state index is 0.0651. The first kappa shape index (κ1) is 26.7. The number of carbonyl (C=O) groups excluding carboxylic acids is 1. The van der Waals surface area contributed by atoms with Crippen molar-refractivity contribution in [2.45, 2.75) is 44.6 Å². The molecule has 0 spiro atoms. The van der Waals surface area contributed by atoms with Crippen LogP contribution in [0.15, 0.2) is 41.3 Å². The molecule has 0 amide bonds. The Morgan fingerprint density at radius 3 is 2.64 bits per heavy atom. The number of nitrogens with zero attached hydrogens (tertiary/aromatic N) is 4. The second kappa shape index (κ2) is 11.2. The highest BCUT2D eigenvalue weighted by molar-refractivity contribution is 7.89. The molecule has 192 valence electrons. The van der Waals surface area contributed by atoms with E-state index in [2.05, 4.69) is 14.9 Å². The Balaban J connectivity index is 1.87. The molecule has 0 aliphatic rings. The van der Waals surface area contributed by atoms with Crippen molar-refractivity contribution >= 4 is 16.0 Å². The van der Waals surface area contributed by atoms with Crippen molar-refractivity contribution in [2.24, 2.45) is 5.14 Å². The molecule has 0 saturated heterocycles. The summed E-state index contributed by atoms with van der Waals surface area (Å²) in [7, 11) is -4.11. The van der Waals surface area contributed by atoms with Gasteiger partial charge in [-0.1, -0.05) is 23.8 Å². The number of ether oxygens (including phenoxy) is 1. The predicted octanol–water partition coefficient (Wildman–Crippen LogP) is 2.29. The van der Waals surface area contributed by atoms with E-state index in [4.69, 9.17) is 9.88 Å². The van der Waals surface area contributed by atoms with Crippen LogP contribution in [0.3, 0.4) is 0 Å². The van der Waals surface area contributed by atoms with E-state index in [9.17, 15) is 27.7 Å². The van der Waals surface area contributed by atoms with Crippen molar-refractivity contribution in [2.75, 3.05) is 6.61 Å². The van der Waals surface area contributed by atoms with E-state index in [1.54, 1.807) is 0 Å². The van der Waals surface area contributed by atoms with E-state index in [1.807, 2.05) is 32.0 Å². The second-order valence-corrected chi connectivity index (χ2v) is 9.50. The zero-order chi connectivity index (χ0) is 26.5. The number of rotatable bonds is 11. The van der Waals surface area contributed by atoms with Gasteiger partial charge < -0.3 is 9.57 Å². The van der Waals surface area contributed by atoms with E-state index in [0.717, 1.165) is 28.8 Å². The number of sulfonamides is 1. The highest BCUT2D eigenvalue weighted by Gasteiger charge is 2.19. The molecule has 0 radical (unpaired) electrons. The van der Waals surface area contributed by atoms with Gasteiger partial charge in [0.2, 0.25) is 10.0 Å². The van der Waals surface area contributed by atoms with Crippen LogP contribution in [0.5, 0.6) is 0 Å². The average molecular weight is 522 g/mol. The SMILES string of the molecule is Cc1ccc(C)c(Cc2nc(COC(=O)CCCO[N+](=O)[O-])nn2-c2ccc(S(N)(=O)=O)cc2F)c1. The Kier molecular flexibility index (Phi) is 8.32. The molecule has 0 bridgehead atoms. The molecule has 2 N–H and O–H groups in total. The third-order valence-electron chi connectivity index (χ3n) is 5.13. The molecule has 2 aromatic carbocycles. The Bertz CT molecular complexity index is 1390. The van der Waals surface area contributed by atoms with Crippen molar-refractivity contribution in [3.05, 3.63) is 80.7 Å². The lowest BCUT2D eigenvalue weighted by Crippen LogP contribution is -2.13.